The van der Waals surface area contributed by atoms with E-state index in [4.69, 9.17) is 0 Å². The standard InChI is InChI=1S/C15H19NO10P2/c1-10-6-14(18)16(15(10)19)13-5-3-4-12(7-13)9-25-28(22,23)26-27(20,21)24-8-11(2)17/h3-5,7,10H,6,8-9H2,1-2H3,(H,20,21)(H,22,23). The number of anilines is 1. The molecule has 1 aliphatic rings. The van der Waals surface area contributed by atoms with Crippen LogP contribution in [0.2, 0.25) is 0 Å². The van der Waals surface area contributed by atoms with Crippen molar-refractivity contribution in [2.24, 2.45) is 5.92 Å². The molecule has 2 amide bonds. The molecule has 0 aromatic heterocycles. The summed E-state index contributed by atoms with van der Waals surface area (Å²) in [5, 5.41) is 0. The molecule has 1 aliphatic heterocycles. The molecule has 2 rings (SSSR count). The molecule has 154 valence electrons. The summed E-state index contributed by atoms with van der Waals surface area (Å²) in [6, 6.07) is 5.92. The van der Waals surface area contributed by atoms with E-state index in [9.17, 15) is 33.3 Å². The van der Waals surface area contributed by atoms with E-state index in [0.29, 0.717) is 5.56 Å². The third-order valence-corrected chi connectivity index (χ3v) is 6.13. The summed E-state index contributed by atoms with van der Waals surface area (Å²) in [5.74, 6) is -1.76. The number of nitrogens with zero attached hydrogens (tertiary/aromatic N) is 1. The SMILES string of the molecule is CC(=O)COP(=O)(O)OP(=O)(O)OCc1cccc(N2C(=O)CC(C)C2=O)c1. The third kappa shape index (κ3) is 6.15. The van der Waals surface area contributed by atoms with E-state index in [1.807, 2.05) is 0 Å². The Labute approximate surface area is 160 Å². The van der Waals surface area contributed by atoms with Gasteiger partial charge in [-0.3, -0.25) is 28.3 Å². The van der Waals surface area contributed by atoms with Gasteiger partial charge >= 0.3 is 15.6 Å². The van der Waals surface area contributed by atoms with Gasteiger partial charge in [0.15, 0.2) is 5.78 Å². The predicted octanol–water partition coefficient (Wildman–Crippen LogP) is 1.93. The van der Waals surface area contributed by atoms with Crippen molar-refractivity contribution < 1.29 is 46.7 Å². The minimum absolute atomic E-state index is 0.0886. The van der Waals surface area contributed by atoms with Crippen molar-refractivity contribution >= 4 is 38.9 Å². The molecule has 0 spiro atoms. The van der Waals surface area contributed by atoms with Crippen LogP contribution in [-0.4, -0.2) is 34.0 Å². The van der Waals surface area contributed by atoms with Crippen LogP contribution < -0.4 is 4.90 Å². The zero-order valence-electron chi connectivity index (χ0n) is 15.0. The molecule has 28 heavy (non-hydrogen) atoms. The number of benzene rings is 1. The maximum atomic E-state index is 12.1. The second-order valence-corrected chi connectivity index (χ2v) is 9.15. The first kappa shape index (κ1) is 22.6. The number of Topliss-reactive ketones (excluding diaryl/α,β-unsaturated/α-hetero) is 1. The first-order valence-corrected chi connectivity index (χ1v) is 11.0. The van der Waals surface area contributed by atoms with Crippen LogP contribution in [0.15, 0.2) is 24.3 Å². The second-order valence-electron chi connectivity index (χ2n) is 6.11. The van der Waals surface area contributed by atoms with Crippen molar-refractivity contribution in [2.45, 2.75) is 26.9 Å². The lowest BCUT2D eigenvalue weighted by molar-refractivity contribution is -0.122. The van der Waals surface area contributed by atoms with Gasteiger partial charge in [0.1, 0.15) is 6.61 Å². The fourth-order valence-corrected chi connectivity index (χ4v) is 4.42. The van der Waals surface area contributed by atoms with Gasteiger partial charge < -0.3 is 9.79 Å². The Hall–Kier alpha value is -1.71. The molecule has 1 heterocycles. The van der Waals surface area contributed by atoms with Crippen molar-refractivity contribution in [3.8, 4) is 0 Å². The van der Waals surface area contributed by atoms with Gasteiger partial charge in [0.05, 0.1) is 12.3 Å². The number of hydrogen-bond donors (Lipinski definition) is 2. The minimum atomic E-state index is -5.01. The summed E-state index contributed by atoms with van der Waals surface area (Å²) in [4.78, 5) is 54.7. The van der Waals surface area contributed by atoms with Gasteiger partial charge in [-0.25, -0.2) is 9.13 Å². The zero-order valence-corrected chi connectivity index (χ0v) is 16.8. The Morgan fingerprint density at radius 1 is 1.21 bits per heavy atom. The first-order chi connectivity index (χ1) is 12.9. The van der Waals surface area contributed by atoms with E-state index in [1.165, 1.54) is 24.3 Å². The van der Waals surface area contributed by atoms with E-state index in [0.717, 1.165) is 11.8 Å². The number of ketones is 1. The molecule has 1 aromatic carbocycles. The highest BCUT2D eigenvalue weighted by Gasteiger charge is 2.37. The van der Waals surface area contributed by atoms with Crippen LogP contribution in [0, 0.1) is 5.92 Å². The van der Waals surface area contributed by atoms with Crippen LogP contribution in [0.4, 0.5) is 5.69 Å². The van der Waals surface area contributed by atoms with E-state index < -0.39 is 40.6 Å². The van der Waals surface area contributed by atoms with Gasteiger partial charge in [-0.05, 0) is 24.6 Å². The Kier molecular flexibility index (Phi) is 7.06. The first-order valence-electron chi connectivity index (χ1n) is 8.01. The number of hydrogen-bond acceptors (Lipinski definition) is 8. The van der Waals surface area contributed by atoms with Crippen molar-refractivity contribution in [3.05, 3.63) is 29.8 Å². The summed E-state index contributed by atoms with van der Waals surface area (Å²) in [6.07, 6.45) is 0.0886. The molecule has 1 saturated heterocycles. The largest absolute Gasteiger partial charge is 0.481 e. The van der Waals surface area contributed by atoms with E-state index >= 15 is 0 Å². The Morgan fingerprint density at radius 3 is 2.43 bits per heavy atom. The number of imide groups is 1. The van der Waals surface area contributed by atoms with Crippen LogP contribution in [0.3, 0.4) is 0 Å². The van der Waals surface area contributed by atoms with Gasteiger partial charge in [0.2, 0.25) is 11.8 Å². The average molecular weight is 435 g/mol. The molecule has 11 nitrogen and oxygen atoms in total. The maximum Gasteiger partial charge on any atom is 0.481 e. The fourth-order valence-electron chi connectivity index (χ4n) is 2.35. The quantitative estimate of drug-likeness (QED) is 0.434. The Balaban J connectivity index is 2.03. The third-order valence-electron chi connectivity index (χ3n) is 3.57. The van der Waals surface area contributed by atoms with Crippen LogP contribution in [0.5, 0.6) is 0 Å². The van der Waals surface area contributed by atoms with Crippen LogP contribution in [0.1, 0.15) is 25.8 Å². The lowest BCUT2D eigenvalue weighted by Crippen LogP contribution is -2.30. The summed E-state index contributed by atoms with van der Waals surface area (Å²) in [6.45, 7) is 1.40. The summed E-state index contributed by atoms with van der Waals surface area (Å²) < 4.78 is 36.4. The van der Waals surface area contributed by atoms with Gasteiger partial charge in [-0.1, -0.05) is 19.1 Å². The predicted molar refractivity (Wildman–Crippen MR) is 94.9 cm³/mol. The zero-order chi connectivity index (χ0) is 21.1. The highest BCUT2D eigenvalue weighted by atomic mass is 31.3. The highest BCUT2D eigenvalue weighted by Crippen LogP contribution is 2.60. The monoisotopic (exact) mass is 435 g/mol. The Bertz CT molecular complexity index is 885. The van der Waals surface area contributed by atoms with Crippen LogP contribution in [0.25, 0.3) is 0 Å². The smallest absolute Gasteiger partial charge is 0.302 e. The van der Waals surface area contributed by atoms with Gasteiger partial charge in [-0.2, -0.15) is 4.31 Å². The molecule has 1 fully saturated rings. The molecule has 0 aliphatic carbocycles. The normalized spacial score (nSPS) is 21.4. The van der Waals surface area contributed by atoms with E-state index in [-0.39, 0.29) is 23.9 Å². The number of amides is 2. The molecule has 1 aromatic rings. The second kappa shape index (κ2) is 8.75. The molecule has 0 radical (unpaired) electrons. The summed E-state index contributed by atoms with van der Waals surface area (Å²) in [5.41, 5.74) is 0.569. The van der Waals surface area contributed by atoms with Crippen LogP contribution >= 0.6 is 15.6 Å². The fraction of sp³-hybridized carbons (Fsp3) is 0.400. The molecular formula is C15H19NO10P2. The van der Waals surface area contributed by atoms with Gasteiger partial charge in [0.25, 0.3) is 0 Å². The summed E-state index contributed by atoms with van der Waals surface area (Å²) in [7, 11) is -10.0. The number of carbonyl (C=O) groups excluding carboxylic acids is 3. The number of carbonyl (C=O) groups is 3. The van der Waals surface area contributed by atoms with Crippen molar-refractivity contribution in [1.82, 2.24) is 0 Å². The van der Waals surface area contributed by atoms with Crippen molar-refractivity contribution in [1.29, 1.82) is 0 Å². The molecule has 0 saturated carbocycles. The van der Waals surface area contributed by atoms with Crippen LogP contribution in [-0.2, 0) is 43.5 Å². The molecule has 0 bridgehead atoms. The molecule has 3 unspecified atom stereocenters. The highest BCUT2D eigenvalue weighted by molar-refractivity contribution is 7.61. The average Bonchev–Trinajstić information content (AvgIpc) is 2.83. The molecular weight excluding hydrogens is 416 g/mol. The number of rotatable bonds is 9. The lowest BCUT2D eigenvalue weighted by atomic mass is 10.1. The van der Waals surface area contributed by atoms with E-state index in [1.54, 1.807) is 6.92 Å². The van der Waals surface area contributed by atoms with Crippen molar-refractivity contribution in [2.75, 3.05) is 11.5 Å². The van der Waals surface area contributed by atoms with Crippen molar-refractivity contribution in [3.63, 3.8) is 0 Å². The number of phosphoric acid groups is 2. The summed E-state index contributed by atoms with van der Waals surface area (Å²) >= 11 is 0. The number of phosphoric ester groups is 2. The minimum Gasteiger partial charge on any atom is -0.302 e. The van der Waals surface area contributed by atoms with Gasteiger partial charge in [-0.15, -0.1) is 0 Å². The molecule has 2 N–H and O–H groups in total. The molecule has 3 atom stereocenters. The maximum absolute atomic E-state index is 12.1. The topological polar surface area (TPSA) is 157 Å². The van der Waals surface area contributed by atoms with Gasteiger partial charge in [0, 0.05) is 12.3 Å². The molecule has 13 heteroatoms. The lowest BCUT2D eigenvalue weighted by Gasteiger charge is -2.17. The van der Waals surface area contributed by atoms with E-state index in [2.05, 4.69) is 13.4 Å². The Morgan fingerprint density at radius 2 is 1.86 bits per heavy atom.